The fourth-order valence-electron chi connectivity index (χ4n) is 1.35. The monoisotopic (exact) mass is 175 g/mol. The summed E-state index contributed by atoms with van der Waals surface area (Å²) >= 11 is 5.31. The summed E-state index contributed by atoms with van der Waals surface area (Å²) in [7, 11) is 0. The molecular weight excluding hydrogens is 162 g/mol. The van der Waals surface area contributed by atoms with Crippen LogP contribution in [0.1, 0.15) is 19.8 Å². The lowest BCUT2D eigenvalue weighted by Crippen LogP contribution is -2.26. The van der Waals surface area contributed by atoms with E-state index in [2.05, 4.69) is 12.2 Å². The first kappa shape index (κ1) is 8.85. The standard InChI is InChI=1S/C8H14ClNO/c1-2-6-3-7(6)5-10-8(11)4-9/h6-7H,2-5H2,1H3,(H,10,11)/t6-,7+/m1/s1. The van der Waals surface area contributed by atoms with Crippen molar-refractivity contribution in [2.45, 2.75) is 19.8 Å². The molecule has 1 saturated carbocycles. The molecule has 2 atom stereocenters. The van der Waals surface area contributed by atoms with Crippen molar-refractivity contribution in [2.75, 3.05) is 12.4 Å². The smallest absolute Gasteiger partial charge is 0.234 e. The number of nitrogens with one attached hydrogen (secondary N) is 1. The van der Waals surface area contributed by atoms with Crippen LogP contribution >= 0.6 is 11.6 Å². The van der Waals surface area contributed by atoms with E-state index >= 15 is 0 Å². The fourth-order valence-corrected chi connectivity index (χ4v) is 1.45. The van der Waals surface area contributed by atoms with Gasteiger partial charge in [0.15, 0.2) is 0 Å². The van der Waals surface area contributed by atoms with Gasteiger partial charge in [-0.1, -0.05) is 13.3 Å². The minimum atomic E-state index is -0.0478. The van der Waals surface area contributed by atoms with E-state index in [0.717, 1.165) is 18.4 Å². The molecule has 2 nitrogen and oxygen atoms in total. The van der Waals surface area contributed by atoms with Crippen LogP contribution in [-0.2, 0) is 4.79 Å². The van der Waals surface area contributed by atoms with E-state index in [1.807, 2.05) is 0 Å². The summed E-state index contributed by atoms with van der Waals surface area (Å²) in [6.45, 7) is 3.01. The Hall–Kier alpha value is -0.240. The van der Waals surface area contributed by atoms with E-state index in [4.69, 9.17) is 11.6 Å². The summed E-state index contributed by atoms with van der Waals surface area (Å²) in [4.78, 5) is 10.7. The Balaban J connectivity index is 2.01. The van der Waals surface area contributed by atoms with Gasteiger partial charge in [0.05, 0.1) is 0 Å². The molecule has 1 aliphatic carbocycles. The predicted octanol–water partition coefficient (Wildman–Crippen LogP) is 1.39. The topological polar surface area (TPSA) is 29.1 Å². The van der Waals surface area contributed by atoms with Crippen molar-refractivity contribution in [1.29, 1.82) is 0 Å². The molecule has 0 spiro atoms. The van der Waals surface area contributed by atoms with Crippen LogP contribution in [0.4, 0.5) is 0 Å². The Morgan fingerprint density at radius 3 is 2.82 bits per heavy atom. The molecule has 1 rings (SSSR count). The summed E-state index contributed by atoms with van der Waals surface area (Å²) in [5, 5.41) is 2.79. The van der Waals surface area contributed by atoms with Gasteiger partial charge >= 0.3 is 0 Å². The van der Waals surface area contributed by atoms with E-state index < -0.39 is 0 Å². The molecule has 1 fully saturated rings. The second kappa shape index (κ2) is 3.96. The number of hydrogen-bond acceptors (Lipinski definition) is 1. The molecule has 0 saturated heterocycles. The summed E-state index contributed by atoms with van der Waals surface area (Å²) in [6.07, 6.45) is 2.51. The first-order valence-corrected chi connectivity index (χ1v) is 4.64. The van der Waals surface area contributed by atoms with Gasteiger partial charge in [-0.25, -0.2) is 0 Å². The van der Waals surface area contributed by atoms with E-state index in [0.29, 0.717) is 0 Å². The molecule has 11 heavy (non-hydrogen) atoms. The zero-order valence-electron chi connectivity index (χ0n) is 6.77. The molecule has 0 heterocycles. The van der Waals surface area contributed by atoms with Crippen LogP contribution in [0.3, 0.4) is 0 Å². The molecule has 0 radical (unpaired) electrons. The second-order valence-corrected chi connectivity index (χ2v) is 3.37. The number of halogens is 1. The number of hydrogen-bond donors (Lipinski definition) is 1. The SMILES string of the molecule is CC[C@@H]1C[C@H]1CNC(=O)CCl. The zero-order valence-corrected chi connectivity index (χ0v) is 7.53. The quantitative estimate of drug-likeness (QED) is 0.643. The normalized spacial score (nSPS) is 28.2. The lowest BCUT2D eigenvalue weighted by Gasteiger charge is -2.00. The molecule has 0 aliphatic heterocycles. The van der Waals surface area contributed by atoms with Crippen molar-refractivity contribution in [3.05, 3.63) is 0 Å². The Kier molecular flexibility index (Phi) is 3.18. The summed E-state index contributed by atoms with van der Waals surface area (Å²) < 4.78 is 0. The van der Waals surface area contributed by atoms with E-state index in [9.17, 15) is 4.79 Å². The molecule has 1 N–H and O–H groups in total. The lowest BCUT2D eigenvalue weighted by molar-refractivity contribution is -0.118. The highest BCUT2D eigenvalue weighted by molar-refractivity contribution is 6.27. The molecule has 1 amide bonds. The van der Waals surface area contributed by atoms with Gasteiger partial charge in [-0.3, -0.25) is 4.79 Å². The van der Waals surface area contributed by atoms with Crippen molar-refractivity contribution in [3.63, 3.8) is 0 Å². The van der Waals surface area contributed by atoms with Crippen LogP contribution < -0.4 is 5.32 Å². The zero-order chi connectivity index (χ0) is 8.27. The molecule has 3 heteroatoms. The Morgan fingerprint density at radius 2 is 2.36 bits per heavy atom. The van der Waals surface area contributed by atoms with Crippen molar-refractivity contribution in [3.8, 4) is 0 Å². The van der Waals surface area contributed by atoms with Crippen molar-refractivity contribution >= 4 is 17.5 Å². The average Bonchev–Trinajstić information content (AvgIpc) is 2.78. The van der Waals surface area contributed by atoms with Gasteiger partial charge in [0.25, 0.3) is 0 Å². The third-order valence-corrected chi connectivity index (χ3v) is 2.52. The van der Waals surface area contributed by atoms with Crippen LogP contribution in [0, 0.1) is 11.8 Å². The molecule has 0 unspecified atom stereocenters. The molecule has 64 valence electrons. The maximum atomic E-state index is 10.7. The van der Waals surface area contributed by atoms with Crippen LogP contribution in [0.15, 0.2) is 0 Å². The van der Waals surface area contributed by atoms with Crippen LogP contribution in [0.25, 0.3) is 0 Å². The molecule has 1 aliphatic rings. The summed E-state index contributed by atoms with van der Waals surface area (Å²) in [6, 6.07) is 0. The van der Waals surface area contributed by atoms with E-state index in [1.54, 1.807) is 0 Å². The maximum Gasteiger partial charge on any atom is 0.234 e. The lowest BCUT2D eigenvalue weighted by atomic mass is 10.2. The van der Waals surface area contributed by atoms with Gasteiger partial charge in [-0.05, 0) is 18.3 Å². The molecular formula is C8H14ClNO. The number of carbonyl (C=O) groups is 1. The van der Waals surface area contributed by atoms with Gasteiger partial charge in [0, 0.05) is 6.54 Å². The fraction of sp³-hybridized carbons (Fsp3) is 0.875. The summed E-state index contributed by atoms with van der Waals surface area (Å²) in [5.41, 5.74) is 0. The minimum Gasteiger partial charge on any atom is -0.355 e. The Morgan fingerprint density at radius 1 is 1.64 bits per heavy atom. The number of amides is 1. The van der Waals surface area contributed by atoms with Gasteiger partial charge in [-0.15, -0.1) is 11.6 Å². The molecule has 0 aromatic rings. The number of carbonyl (C=O) groups excluding carboxylic acids is 1. The minimum absolute atomic E-state index is 0.0478. The second-order valence-electron chi connectivity index (χ2n) is 3.10. The molecule has 0 bridgehead atoms. The largest absolute Gasteiger partial charge is 0.355 e. The first-order valence-electron chi connectivity index (χ1n) is 4.10. The maximum absolute atomic E-state index is 10.7. The third-order valence-electron chi connectivity index (χ3n) is 2.28. The number of rotatable bonds is 4. The van der Waals surface area contributed by atoms with Crippen molar-refractivity contribution in [2.24, 2.45) is 11.8 Å². The van der Waals surface area contributed by atoms with Gasteiger partial charge < -0.3 is 5.32 Å². The Labute approximate surface area is 72.3 Å². The highest BCUT2D eigenvalue weighted by atomic mass is 35.5. The van der Waals surface area contributed by atoms with Crippen LogP contribution in [0.2, 0.25) is 0 Å². The van der Waals surface area contributed by atoms with E-state index in [1.165, 1.54) is 12.8 Å². The number of alkyl halides is 1. The first-order chi connectivity index (χ1) is 5.27. The van der Waals surface area contributed by atoms with Gasteiger partial charge in [-0.2, -0.15) is 0 Å². The van der Waals surface area contributed by atoms with E-state index in [-0.39, 0.29) is 11.8 Å². The van der Waals surface area contributed by atoms with Crippen molar-refractivity contribution in [1.82, 2.24) is 5.32 Å². The predicted molar refractivity (Wildman–Crippen MR) is 45.6 cm³/mol. The highest BCUT2D eigenvalue weighted by Gasteiger charge is 2.34. The molecule has 0 aromatic carbocycles. The van der Waals surface area contributed by atoms with Crippen LogP contribution in [-0.4, -0.2) is 18.3 Å². The summed E-state index contributed by atoms with van der Waals surface area (Å²) in [5.74, 6) is 1.62. The third kappa shape index (κ3) is 2.70. The molecule has 0 aromatic heterocycles. The van der Waals surface area contributed by atoms with Gasteiger partial charge in [0.2, 0.25) is 5.91 Å². The average molecular weight is 176 g/mol. The van der Waals surface area contributed by atoms with Gasteiger partial charge in [0.1, 0.15) is 5.88 Å². The highest BCUT2D eigenvalue weighted by Crippen LogP contribution is 2.40. The Bertz CT molecular complexity index is 149. The van der Waals surface area contributed by atoms with Crippen molar-refractivity contribution < 1.29 is 4.79 Å². The van der Waals surface area contributed by atoms with Crippen LogP contribution in [0.5, 0.6) is 0 Å².